The number of nitrogens with one attached hydrogen (secondary N) is 1. The van der Waals surface area contributed by atoms with Crippen LogP contribution < -0.4 is 10.1 Å². The van der Waals surface area contributed by atoms with Crippen LogP contribution in [0, 0.1) is 12.8 Å². The molecule has 1 N–H and O–H groups in total. The van der Waals surface area contributed by atoms with Gasteiger partial charge in [0, 0.05) is 43.2 Å². The van der Waals surface area contributed by atoms with E-state index in [1.807, 2.05) is 26.0 Å². The van der Waals surface area contributed by atoms with Gasteiger partial charge in [0.15, 0.2) is 0 Å². The first kappa shape index (κ1) is 18.9. The van der Waals surface area contributed by atoms with Gasteiger partial charge in [0.05, 0.1) is 32.6 Å². The van der Waals surface area contributed by atoms with Crippen LogP contribution in [0.25, 0.3) is 0 Å². The molecule has 1 aromatic carbocycles. The van der Waals surface area contributed by atoms with Crippen molar-refractivity contribution in [2.24, 2.45) is 5.92 Å². The van der Waals surface area contributed by atoms with Gasteiger partial charge in [0.2, 0.25) is 0 Å². The summed E-state index contributed by atoms with van der Waals surface area (Å²) in [6.45, 7) is 7.44. The van der Waals surface area contributed by atoms with Crippen molar-refractivity contribution in [2.45, 2.75) is 39.5 Å². The van der Waals surface area contributed by atoms with Crippen LogP contribution in [0.5, 0.6) is 5.75 Å². The summed E-state index contributed by atoms with van der Waals surface area (Å²) in [6.07, 6.45) is 0.844. The number of aromatic nitrogens is 1. The van der Waals surface area contributed by atoms with E-state index in [1.165, 1.54) is 5.56 Å². The standard InChI is InChI=1S/C20H28N2O4/c1-4-24-12-17-8-15(5-6-20(17)23-3)10-21-19-13-25-11-16(19)9-18-7-14(2)22-26-18/h5-8,16,19,21H,4,9-13H2,1-3H3/t16-,19-/m1/s1. The fraction of sp³-hybridized carbons (Fsp3) is 0.550. The number of nitrogens with zero attached hydrogens (tertiary/aromatic N) is 1. The van der Waals surface area contributed by atoms with Gasteiger partial charge in [-0.25, -0.2) is 0 Å². The lowest BCUT2D eigenvalue weighted by atomic mass is 9.98. The summed E-state index contributed by atoms with van der Waals surface area (Å²) in [5.74, 6) is 2.18. The highest BCUT2D eigenvalue weighted by Crippen LogP contribution is 2.23. The fourth-order valence-electron chi connectivity index (χ4n) is 3.31. The predicted molar refractivity (Wildman–Crippen MR) is 98.2 cm³/mol. The van der Waals surface area contributed by atoms with Crippen molar-refractivity contribution < 1.29 is 18.7 Å². The average molecular weight is 360 g/mol. The minimum atomic E-state index is 0.304. The van der Waals surface area contributed by atoms with Gasteiger partial charge in [0.1, 0.15) is 11.5 Å². The van der Waals surface area contributed by atoms with Gasteiger partial charge in [-0.1, -0.05) is 11.2 Å². The maximum absolute atomic E-state index is 5.69. The van der Waals surface area contributed by atoms with Crippen LogP contribution in [0.1, 0.15) is 29.5 Å². The molecule has 2 atom stereocenters. The van der Waals surface area contributed by atoms with Crippen molar-refractivity contribution in [1.29, 1.82) is 0 Å². The molecule has 1 aliphatic heterocycles. The van der Waals surface area contributed by atoms with Crippen LogP contribution in [-0.4, -0.2) is 38.1 Å². The van der Waals surface area contributed by atoms with E-state index in [-0.39, 0.29) is 0 Å². The van der Waals surface area contributed by atoms with E-state index in [9.17, 15) is 0 Å². The van der Waals surface area contributed by atoms with Crippen LogP contribution >= 0.6 is 0 Å². The van der Waals surface area contributed by atoms with E-state index in [0.717, 1.165) is 48.9 Å². The van der Waals surface area contributed by atoms with Crippen LogP contribution in [0.2, 0.25) is 0 Å². The molecule has 0 spiro atoms. The molecule has 1 aliphatic rings. The first-order valence-electron chi connectivity index (χ1n) is 9.16. The molecule has 2 aromatic rings. The number of hydrogen-bond acceptors (Lipinski definition) is 6. The summed E-state index contributed by atoms with van der Waals surface area (Å²) in [4.78, 5) is 0. The lowest BCUT2D eigenvalue weighted by Gasteiger charge is -2.19. The van der Waals surface area contributed by atoms with Crippen molar-refractivity contribution in [3.63, 3.8) is 0 Å². The smallest absolute Gasteiger partial charge is 0.137 e. The van der Waals surface area contributed by atoms with Crippen LogP contribution in [-0.2, 0) is 29.0 Å². The first-order valence-corrected chi connectivity index (χ1v) is 9.16. The zero-order valence-electron chi connectivity index (χ0n) is 15.8. The number of methoxy groups -OCH3 is 1. The SMILES string of the molecule is CCOCc1cc(CN[C@@H]2COC[C@H]2Cc2cc(C)no2)ccc1OC. The molecular formula is C20H28N2O4. The van der Waals surface area contributed by atoms with Gasteiger partial charge in [-0.15, -0.1) is 0 Å². The molecule has 0 aliphatic carbocycles. The molecule has 26 heavy (non-hydrogen) atoms. The maximum atomic E-state index is 5.69. The number of ether oxygens (including phenoxy) is 3. The third-order valence-electron chi connectivity index (χ3n) is 4.71. The molecule has 1 aromatic heterocycles. The van der Waals surface area contributed by atoms with Gasteiger partial charge in [0.25, 0.3) is 0 Å². The molecule has 0 unspecified atom stereocenters. The monoisotopic (exact) mass is 360 g/mol. The average Bonchev–Trinajstić information content (AvgIpc) is 3.27. The molecule has 1 saturated heterocycles. The maximum Gasteiger partial charge on any atom is 0.137 e. The number of aryl methyl sites for hydroxylation is 1. The second-order valence-electron chi connectivity index (χ2n) is 6.71. The molecule has 0 radical (unpaired) electrons. The fourth-order valence-corrected chi connectivity index (χ4v) is 3.31. The Hall–Kier alpha value is -1.89. The number of benzene rings is 1. The number of rotatable bonds is 9. The van der Waals surface area contributed by atoms with E-state index in [2.05, 4.69) is 22.6 Å². The molecule has 1 fully saturated rings. The summed E-state index contributed by atoms with van der Waals surface area (Å²) < 4.78 is 22.0. The molecule has 0 bridgehead atoms. The lowest BCUT2D eigenvalue weighted by Crippen LogP contribution is -2.36. The second-order valence-corrected chi connectivity index (χ2v) is 6.71. The van der Waals surface area contributed by atoms with Gasteiger partial charge >= 0.3 is 0 Å². The molecule has 6 heteroatoms. The van der Waals surface area contributed by atoms with Gasteiger partial charge in [-0.2, -0.15) is 0 Å². The summed E-state index contributed by atoms with van der Waals surface area (Å²) in [5, 5.41) is 7.59. The van der Waals surface area contributed by atoms with Crippen molar-refractivity contribution in [3.05, 3.63) is 46.8 Å². The molecule has 6 nitrogen and oxygen atoms in total. The van der Waals surface area contributed by atoms with Crippen molar-refractivity contribution >= 4 is 0 Å². The van der Waals surface area contributed by atoms with Gasteiger partial charge in [-0.3, -0.25) is 0 Å². The minimum absolute atomic E-state index is 0.304. The van der Waals surface area contributed by atoms with Crippen LogP contribution in [0.15, 0.2) is 28.8 Å². The predicted octanol–water partition coefficient (Wildman–Crippen LogP) is 2.88. The Labute approximate surface area is 154 Å². The highest BCUT2D eigenvalue weighted by Gasteiger charge is 2.29. The summed E-state index contributed by atoms with van der Waals surface area (Å²) in [7, 11) is 1.69. The zero-order valence-corrected chi connectivity index (χ0v) is 15.8. The van der Waals surface area contributed by atoms with E-state index in [1.54, 1.807) is 7.11 Å². The third kappa shape index (κ3) is 4.84. The molecule has 142 valence electrons. The largest absolute Gasteiger partial charge is 0.496 e. The normalized spacial score (nSPS) is 19.8. The quantitative estimate of drug-likeness (QED) is 0.742. The second kappa shape index (κ2) is 9.16. The van der Waals surface area contributed by atoms with Crippen molar-refractivity contribution in [1.82, 2.24) is 10.5 Å². The van der Waals surface area contributed by atoms with E-state index < -0.39 is 0 Å². The van der Waals surface area contributed by atoms with Crippen molar-refractivity contribution in [2.75, 3.05) is 26.9 Å². The Kier molecular flexibility index (Phi) is 6.66. The Balaban J connectivity index is 1.58. The van der Waals surface area contributed by atoms with Gasteiger partial charge in [-0.05, 0) is 31.5 Å². The Morgan fingerprint density at radius 1 is 1.27 bits per heavy atom. The Morgan fingerprint density at radius 2 is 2.15 bits per heavy atom. The molecule has 2 heterocycles. The zero-order chi connectivity index (χ0) is 18.4. The Morgan fingerprint density at radius 3 is 2.88 bits per heavy atom. The van der Waals surface area contributed by atoms with Crippen LogP contribution in [0.4, 0.5) is 0 Å². The lowest BCUT2D eigenvalue weighted by molar-refractivity contribution is 0.132. The summed E-state index contributed by atoms with van der Waals surface area (Å²) >= 11 is 0. The highest BCUT2D eigenvalue weighted by atomic mass is 16.5. The third-order valence-corrected chi connectivity index (χ3v) is 4.71. The molecule has 0 amide bonds. The van der Waals surface area contributed by atoms with E-state index >= 15 is 0 Å². The molecular weight excluding hydrogens is 332 g/mol. The van der Waals surface area contributed by atoms with Crippen molar-refractivity contribution in [3.8, 4) is 5.75 Å². The number of hydrogen-bond donors (Lipinski definition) is 1. The summed E-state index contributed by atoms with van der Waals surface area (Å²) in [6, 6.07) is 8.54. The van der Waals surface area contributed by atoms with Crippen LogP contribution in [0.3, 0.4) is 0 Å². The molecule has 0 saturated carbocycles. The topological polar surface area (TPSA) is 65.8 Å². The van der Waals surface area contributed by atoms with E-state index in [4.69, 9.17) is 18.7 Å². The van der Waals surface area contributed by atoms with Gasteiger partial charge < -0.3 is 24.1 Å². The first-order chi connectivity index (χ1) is 12.7. The molecule has 3 rings (SSSR count). The summed E-state index contributed by atoms with van der Waals surface area (Å²) in [5.41, 5.74) is 3.20. The Bertz CT molecular complexity index is 701. The highest BCUT2D eigenvalue weighted by molar-refractivity contribution is 5.37. The van der Waals surface area contributed by atoms with E-state index in [0.29, 0.717) is 25.2 Å². The minimum Gasteiger partial charge on any atom is -0.496 e.